The highest BCUT2D eigenvalue weighted by atomic mass is 16.7. The van der Waals surface area contributed by atoms with Crippen LogP contribution in [0.5, 0.6) is 0 Å². The zero-order valence-corrected chi connectivity index (χ0v) is 30.5. The lowest BCUT2D eigenvalue weighted by atomic mass is 9.91. The van der Waals surface area contributed by atoms with E-state index in [4.69, 9.17) is 42.9 Å². The molecule has 10 nitrogen and oxygen atoms in total. The summed E-state index contributed by atoms with van der Waals surface area (Å²) in [5.74, 6) is 0.930. The van der Waals surface area contributed by atoms with Crippen LogP contribution in [0.15, 0.2) is 89.9 Å². The first-order valence-electron chi connectivity index (χ1n) is 18.2. The van der Waals surface area contributed by atoms with Gasteiger partial charge in [-0.25, -0.2) is 0 Å². The highest BCUT2D eigenvalue weighted by molar-refractivity contribution is 5.81. The van der Waals surface area contributed by atoms with Crippen molar-refractivity contribution in [3.05, 3.63) is 107 Å². The van der Waals surface area contributed by atoms with E-state index in [0.29, 0.717) is 52.4 Å². The van der Waals surface area contributed by atoms with Crippen LogP contribution in [-0.2, 0) is 63.9 Å². The number of ether oxygens (including phenoxy) is 8. The summed E-state index contributed by atoms with van der Waals surface area (Å²) in [6, 6.07) is 29.2. The van der Waals surface area contributed by atoms with Crippen molar-refractivity contribution in [1.29, 1.82) is 0 Å². The van der Waals surface area contributed by atoms with Gasteiger partial charge >= 0.3 is 0 Å². The Kier molecular flexibility index (Phi) is 16.8. The van der Waals surface area contributed by atoms with Crippen molar-refractivity contribution in [3.8, 4) is 0 Å². The third-order valence-corrected chi connectivity index (χ3v) is 9.33. The molecule has 0 spiro atoms. The molecule has 5 unspecified atom stereocenters. The normalized spacial score (nSPS) is 22.5. The zero-order valence-electron chi connectivity index (χ0n) is 30.5. The zero-order chi connectivity index (χ0) is 35.5. The molecule has 3 aromatic carbocycles. The van der Waals surface area contributed by atoms with E-state index in [2.05, 4.69) is 84.6 Å². The highest BCUT2D eigenvalue weighted by Gasteiger charge is 2.43. The fraction of sp³-hybridized carbons (Fsp3) is 0.537. The second-order valence-corrected chi connectivity index (χ2v) is 13.0. The Morgan fingerprint density at radius 3 is 1.88 bits per heavy atom. The Labute approximate surface area is 303 Å². The lowest BCUT2D eigenvalue weighted by molar-refractivity contribution is -0.187. The molecule has 0 radical (unpaired) electrons. The topological polar surface area (TPSA) is 89.4 Å². The van der Waals surface area contributed by atoms with Gasteiger partial charge in [0.2, 0.25) is 0 Å². The molecule has 0 aliphatic carbocycles. The van der Waals surface area contributed by atoms with E-state index in [0.717, 1.165) is 42.8 Å². The average molecular weight is 705 g/mol. The average Bonchev–Trinajstić information content (AvgIpc) is 3.26. The first kappa shape index (κ1) is 39.0. The molecule has 0 amide bonds. The van der Waals surface area contributed by atoms with Gasteiger partial charge in [0.15, 0.2) is 6.29 Å². The van der Waals surface area contributed by atoms with E-state index < -0.39 is 12.2 Å². The minimum absolute atomic E-state index is 0.0891. The third-order valence-electron chi connectivity index (χ3n) is 9.33. The first-order valence-corrected chi connectivity index (χ1v) is 18.2. The maximum atomic E-state index is 6.75. The van der Waals surface area contributed by atoms with Crippen molar-refractivity contribution < 1.29 is 37.9 Å². The van der Waals surface area contributed by atoms with E-state index in [9.17, 15) is 0 Å². The molecule has 51 heavy (non-hydrogen) atoms. The summed E-state index contributed by atoms with van der Waals surface area (Å²) in [6.07, 6.45) is 3.62. The number of nitrogens with zero attached hydrogens (tertiary/aromatic N) is 2. The minimum Gasteiger partial charge on any atom is -0.382 e. The van der Waals surface area contributed by atoms with Crippen LogP contribution in [0.1, 0.15) is 48.4 Å². The highest BCUT2D eigenvalue weighted by Crippen LogP contribution is 2.30. The monoisotopic (exact) mass is 704 g/mol. The number of hydrogen-bond donors (Lipinski definition) is 0. The van der Waals surface area contributed by atoms with E-state index in [1.165, 1.54) is 11.1 Å². The van der Waals surface area contributed by atoms with Gasteiger partial charge in [-0.2, -0.15) is 0 Å². The van der Waals surface area contributed by atoms with Crippen molar-refractivity contribution >= 4 is 5.84 Å². The van der Waals surface area contributed by atoms with Gasteiger partial charge in [-0.15, -0.1) is 0 Å². The van der Waals surface area contributed by atoms with Gasteiger partial charge in [-0.1, -0.05) is 84.9 Å². The number of aliphatic imine (C=N–C) groups is 1. The molecule has 0 N–H and O–H groups in total. The Morgan fingerprint density at radius 1 is 0.667 bits per heavy atom. The minimum atomic E-state index is -0.436. The summed E-state index contributed by atoms with van der Waals surface area (Å²) >= 11 is 0. The van der Waals surface area contributed by atoms with Crippen LogP contribution in [0, 0.1) is 0 Å². The van der Waals surface area contributed by atoms with Crippen LogP contribution in [-0.4, -0.2) is 102 Å². The second-order valence-electron chi connectivity index (χ2n) is 13.0. The smallest absolute Gasteiger partial charge is 0.158 e. The quantitative estimate of drug-likeness (QED) is 0.0951. The molecule has 1 fully saturated rings. The van der Waals surface area contributed by atoms with Crippen molar-refractivity contribution in [1.82, 2.24) is 4.90 Å². The lowest BCUT2D eigenvalue weighted by Gasteiger charge is -2.39. The molecule has 10 heteroatoms. The Bertz CT molecular complexity index is 1390. The van der Waals surface area contributed by atoms with Gasteiger partial charge in [0.25, 0.3) is 0 Å². The van der Waals surface area contributed by atoms with E-state index in [-0.39, 0.29) is 32.0 Å². The summed E-state index contributed by atoms with van der Waals surface area (Å²) in [5, 5.41) is 0. The van der Waals surface area contributed by atoms with Crippen LogP contribution in [0.3, 0.4) is 0 Å². The molecule has 2 aliphatic heterocycles. The van der Waals surface area contributed by atoms with Crippen LogP contribution in [0.4, 0.5) is 0 Å². The third kappa shape index (κ3) is 12.8. The molecule has 0 bridgehead atoms. The largest absolute Gasteiger partial charge is 0.382 e. The van der Waals surface area contributed by atoms with Crippen molar-refractivity contribution in [3.63, 3.8) is 0 Å². The summed E-state index contributed by atoms with van der Waals surface area (Å²) in [5.41, 5.74) is 4.65. The Morgan fingerprint density at radius 2 is 1.27 bits per heavy atom. The number of hydrogen-bond acceptors (Lipinski definition) is 10. The summed E-state index contributed by atoms with van der Waals surface area (Å²) in [6.45, 7) is 6.03. The van der Waals surface area contributed by atoms with Crippen LogP contribution >= 0.6 is 0 Å². The number of benzene rings is 3. The maximum absolute atomic E-state index is 6.75. The molecular formula is C41H56N2O8. The molecule has 5 atom stereocenters. The van der Waals surface area contributed by atoms with Gasteiger partial charge < -0.3 is 42.8 Å². The van der Waals surface area contributed by atoms with Crippen molar-refractivity contribution in [2.45, 2.75) is 82.8 Å². The predicted molar refractivity (Wildman–Crippen MR) is 196 cm³/mol. The fourth-order valence-corrected chi connectivity index (χ4v) is 6.61. The maximum Gasteiger partial charge on any atom is 0.158 e. The predicted octanol–water partition coefficient (Wildman–Crippen LogP) is 6.20. The number of methoxy groups -OCH3 is 2. The van der Waals surface area contributed by atoms with Crippen LogP contribution in [0.2, 0.25) is 0 Å². The molecule has 0 aromatic heterocycles. The Hall–Kier alpha value is -3.19. The van der Waals surface area contributed by atoms with Crippen molar-refractivity contribution in [2.24, 2.45) is 4.99 Å². The molecule has 1 saturated heterocycles. The van der Waals surface area contributed by atoms with E-state index in [1.807, 2.05) is 12.1 Å². The SMILES string of the molecule is COCCOCOC1C(Cc2ccccc2)N=C(C)N(Cc2ccc(COC3CCCCO3)cc2)C(Cc2ccccc2)C1OCOCCOC. The molecule has 2 aliphatic rings. The fourth-order valence-electron chi connectivity index (χ4n) is 6.61. The summed E-state index contributed by atoms with van der Waals surface area (Å²) in [7, 11) is 3.32. The lowest BCUT2D eigenvalue weighted by Crippen LogP contribution is -2.53. The van der Waals surface area contributed by atoms with E-state index in [1.54, 1.807) is 14.2 Å². The molecule has 278 valence electrons. The molecule has 5 rings (SSSR count). The van der Waals surface area contributed by atoms with Gasteiger partial charge in [0.1, 0.15) is 25.8 Å². The van der Waals surface area contributed by atoms with Gasteiger partial charge in [-0.05, 0) is 61.3 Å². The molecule has 3 aromatic rings. The van der Waals surface area contributed by atoms with Gasteiger partial charge in [-0.3, -0.25) is 4.99 Å². The van der Waals surface area contributed by atoms with Crippen LogP contribution < -0.4 is 0 Å². The standard InChI is InChI=1S/C41H56N2O8/c1-32-42-37(26-33-12-6-4-7-13-33)40(50-30-46-24-22-44-2)41(51-31-47-25-23-45-3)38(27-34-14-8-5-9-15-34)43(32)28-35-17-19-36(20-18-35)29-49-39-16-10-11-21-48-39/h4-9,12-15,17-20,37-41H,10-11,16,21-31H2,1-3H3. The molecule has 0 saturated carbocycles. The van der Waals surface area contributed by atoms with Gasteiger partial charge in [0.05, 0.1) is 51.0 Å². The first-order chi connectivity index (χ1) is 25.1. The van der Waals surface area contributed by atoms with Crippen molar-refractivity contribution in [2.75, 3.05) is 60.8 Å². The molecule has 2 heterocycles. The van der Waals surface area contributed by atoms with Gasteiger partial charge in [0, 0.05) is 27.4 Å². The number of amidine groups is 1. The summed E-state index contributed by atoms with van der Waals surface area (Å²) < 4.78 is 47.4. The number of rotatable bonds is 21. The van der Waals surface area contributed by atoms with Crippen LogP contribution in [0.25, 0.3) is 0 Å². The molecular weight excluding hydrogens is 648 g/mol. The van der Waals surface area contributed by atoms with E-state index >= 15 is 0 Å². The second kappa shape index (κ2) is 22.0. The summed E-state index contributed by atoms with van der Waals surface area (Å²) in [4.78, 5) is 7.78. The Balaban J connectivity index is 1.45.